The van der Waals surface area contributed by atoms with Gasteiger partial charge < -0.3 is 14.6 Å². The third-order valence-electron chi connectivity index (χ3n) is 5.43. The van der Waals surface area contributed by atoms with E-state index in [1.54, 1.807) is 6.20 Å². The van der Waals surface area contributed by atoms with E-state index < -0.39 is 0 Å². The number of aromatic nitrogens is 2. The smallest absolute Gasteiger partial charge is 0.271 e. The second-order valence-corrected chi connectivity index (χ2v) is 7.61. The van der Waals surface area contributed by atoms with Crippen LogP contribution in [-0.2, 0) is 6.54 Å². The number of hydrogen-bond acceptors (Lipinski definition) is 4. The first-order valence-corrected chi connectivity index (χ1v) is 9.83. The van der Waals surface area contributed by atoms with E-state index in [2.05, 4.69) is 51.4 Å². The minimum Gasteiger partial charge on any atom is -0.344 e. The molecule has 0 spiro atoms. The van der Waals surface area contributed by atoms with Crippen LogP contribution in [0.2, 0.25) is 0 Å². The van der Waals surface area contributed by atoms with E-state index in [0.29, 0.717) is 5.69 Å². The Kier molecular flexibility index (Phi) is 5.41. The molecule has 146 valence electrons. The zero-order valence-corrected chi connectivity index (χ0v) is 16.5. The van der Waals surface area contributed by atoms with Crippen molar-refractivity contribution in [3.05, 3.63) is 71.7 Å². The van der Waals surface area contributed by atoms with Crippen molar-refractivity contribution >= 4 is 11.6 Å². The second kappa shape index (κ2) is 8.12. The molecule has 4 rings (SSSR count). The van der Waals surface area contributed by atoms with Crippen molar-refractivity contribution in [1.29, 1.82) is 0 Å². The number of rotatable bonds is 5. The molecule has 3 aromatic rings. The molecule has 1 fully saturated rings. The van der Waals surface area contributed by atoms with Gasteiger partial charge in [0, 0.05) is 45.1 Å². The lowest BCUT2D eigenvalue weighted by Crippen LogP contribution is -2.43. The Hall–Kier alpha value is -2.70. The first-order chi connectivity index (χ1) is 13.6. The average molecular weight is 377 g/mol. The number of amides is 1. The molecule has 6 heteroatoms. The van der Waals surface area contributed by atoms with Crippen molar-refractivity contribution < 1.29 is 4.79 Å². The van der Waals surface area contributed by atoms with E-state index in [1.807, 2.05) is 35.7 Å². The summed E-state index contributed by atoms with van der Waals surface area (Å²) in [5, 5.41) is 3.05. The predicted molar refractivity (Wildman–Crippen MR) is 110 cm³/mol. The maximum atomic E-state index is 12.6. The lowest BCUT2D eigenvalue weighted by atomic mass is 10.1. The number of fused-ring (bicyclic) bond motifs is 1. The number of benzene rings is 1. The Morgan fingerprint density at radius 1 is 1.11 bits per heavy atom. The number of imidazole rings is 1. The Balaban J connectivity index is 1.36. The molecule has 3 heterocycles. The number of likely N-dealkylation sites (N-methyl/N-ethyl adjacent to an activating group) is 1. The molecule has 1 aliphatic heterocycles. The molecule has 2 aromatic heterocycles. The van der Waals surface area contributed by atoms with Gasteiger partial charge in [-0.3, -0.25) is 9.69 Å². The zero-order valence-electron chi connectivity index (χ0n) is 16.5. The molecule has 0 radical (unpaired) electrons. The van der Waals surface area contributed by atoms with Gasteiger partial charge >= 0.3 is 0 Å². The van der Waals surface area contributed by atoms with E-state index in [1.165, 1.54) is 5.56 Å². The molecule has 1 aromatic carbocycles. The van der Waals surface area contributed by atoms with E-state index in [9.17, 15) is 4.79 Å². The van der Waals surface area contributed by atoms with Crippen molar-refractivity contribution in [1.82, 2.24) is 24.5 Å². The largest absolute Gasteiger partial charge is 0.344 e. The highest BCUT2D eigenvalue weighted by molar-refractivity contribution is 5.93. The van der Waals surface area contributed by atoms with E-state index in [-0.39, 0.29) is 11.9 Å². The molecule has 0 bridgehead atoms. The summed E-state index contributed by atoms with van der Waals surface area (Å²) in [7, 11) is 2.17. The molecule has 1 amide bonds. The summed E-state index contributed by atoms with van der Waals surface area (Å²) in [6, 6.07) is 14.2. The molecule has 28 heavy (non-hydrogen) atoms. The molecular formula is C22H27N5O. The minimum absolute atomic E-state index is 0.0741. The van der Waals surface area contributed by atoms with Crippen LogP contribution >= 0.6 is 0 Å². The van der Waals surface area contributed by atoms with Crippen LogP contribution in [0.1, 0.15) is 34.6 Å². The molecule has 1 atom stereocenters. The van der Waals surface area contributed by atoms with Gasteiger partial charge in [0.05, 0.1) is 6.04 Å². The molecule has 1 N–H and O–H groups in total. The third-order valence-corrected chi connectivity index (χ3v) is 5.43. The Labute approximate surface area is 165 Å². The summed E-state index contributed by atoms with van der Waals surface area (Å²) in [5.41, 5.74) is 3.62. The number of nitrogens with zero attached hydrogens (tertiary/aromatic N) is 4. The van der Waals surface area contributed by atoms with Crippen LogP contribution in [-0.4, -0.2) is 58.3 Å². The summed E-state index contributed by atoms with van der Waals surface area (Å²) in [6.07, 6.45) is 3.65. The number of pyridine rings is 1. The molecule has 0 saturated carbocycles. The lowest BCUT2D eigenvalue weighted by molar-refractivity contribution is 0.0935. The number of carbonyl (C=O) groups excluding carboxylic acids is 1. The van der Waals surface area contributed by atoms with Gasteiger partial charge in [0.2, 0.25) is 0 Å². The van der Waals surface area contributed by atoms with Crippen molar-refractivity contribution in [2.75, 3.05) is 33.2 Å². The molecule has 1 aliphatic rings. The highest BCUT2D eigenvalue weighted by Crippen LogP contribution is 2.16. The van der Waals surface area contributed by atoms with Crippen LogP contribution < -0.4 is 5.32 Å². The first-order valence-electron chi connectivity index (χ1n) is 9.83. The number of carbonyl (C=O) groups is 1. The highest BCUT2D eigenvalue weighted by Gasteiger charge is 2.16. The third kappa shape index (κ3) is 4.24. The molecule has 1 saturated heterocycles. The fourth-order valence-corrected chi connectivity index (χ4v) is 3.57. The molecule has 6 nitrogen and oxygen atoms in total. The van der Waals surface area contributed by atoms with Gasteiger partial charge in [-0.2, -0.15) is 0 Å². The van der Waals surface area contributed by atoms with Gasteiger partial charge in [-0.25, -0.2) is 4.98 Å². The van der Waals surface area contributed by atoms with Crippen molar-refractivity contribution in [3.8, 4) is 0 Å². The quantitative estimate of drug-likeness (QED) is 0.743. The van der Waals surface area contributed by atoms with E-state index >= 15 is 0 Å². The average Bonchev–Trinajstić information content (AvgIpc) is 3.15. The van der Waals surface area contributed by atoms with Crippen LogP contribution in [0.25, 0.3) is 5.65 Å². The van der Waals surface area contributed by atoms with Crippen LogP contribution in [0.3, 0.4) is 0 Å². The van der Waals surface area contributed by atoms with E-state index in [4.69, 9.17) is 0 Å². The summed E-state index contributed by atoms with van der Waals surface area (Å²) in [5.74, 6) is -0.155. The first kappa shape index (κ1) is 18.7. The number of hydrogen-bond donors (Lipinski definition) is 1. The van der Waals surface area contributed by atoms with Crippen LogP contribution in [0.15, 0.2) is 54.9 Å². The lowest BCUT2D eigenvalue weighted by Gasteiger charge is -2.32. The fourth-order valence-electron chi connectivity index (χ4n) is 3.57. The van der Waals surface area contributed by atoms with Crippen molar-refractivity contribution in [3.63, 3.8) is 0 Å². The van der Waals surface area contributed by atoms with Gasteiger partial charge in [-0.15, -0.1) is 0 Å². The normalized spacial score (nSPS) is 16.9. The van der Waals surface area contributed by atoms with Crippen LogP contribution in [0.5, 0.6) is 0 Å². The Bertz CT molecular complexity index is 908. The van der Waals surface area contributed by atoms with Crippen molar-refractivity contribution in [2.45, 2.75) is 19.5 Å². The van der Waals surface area contributed by atoms with E-state index in [0.717, 1.165) is 43.9 Å². The van der Waals surface area contributed by atoms with Gasteiger partial charge in [-0.1, -0.05) is 30.3 Å². The SMILES string of the molecule is CC(NC(=O)c1cn2ccccc2n1)c1ccc(CN2CCN(C)CC2)cc1. The number of nitrogens with one attached hydrogen (secondary N) is 1. The topological polar surface area (TPSA) is 52.9 Å². The van der Waals surface area contributed by atoms with Crippen LogP contribution in [0, 0.1) is 0 Å². The maximum Gasteiger partial charge on any atom is 0.271 e. The molecule has 0 aliphatic carbocycles. The minimum atomic E-state index is -0.155. The van der Waals surface area contributed by atoms with Gasteiger partial charge in [0.15, 0.2) is 0 Å². The highest BCUT2D eigenvalue weighted by atomic mass is 16.2. The standard InChI is InChI=1S/C22H27N5O/c1-17(23-22(28)20-16-27-10-4-3-5-21(27)24-20)19-8-6-18(7-9-19)15-26-13-11-25(2)12-14-26/h3-10,16-17H,11-15H2,1-2H3,(H,23,28). The van der Waals surface area contributed by atoms with Crippen LogP contribution in [0.4, 0.5) is 0 Å². The fraction of sp³-hybridized carbons (Fsp3) is 0.364. The maximum absolute atomic E-state index is 12.6. The zero-order chi connectivity index (χ0) is 19.5. The van der Waals surface area contributed by atoms with Gasteiger partial charge in [0.25, 0.3) is 5.91 Å². The predicted octanol–water partition coefficient (Wildman–Crippen LogP) is 2.57. The number of piperazine rings is 1. The summed E-state index contributed by atoms with van der Waals surface area (Å²) in [6.45, 7) is 7.47. The summed E-state index contributed by atoms with van der Waals surface area (Å²) >= 11 is 0. The second-order valence-electron chi connectivity index (χ2n) is 7.61. The summed E-state index contributed by atoms with van der Waals surface area (Å²) in [4.78, 5) is 21.8. The van der Waals surface area contributed by atoms with Crippen molar-refractivity contribution in [2.24, 2.45) is 0 Å². The monoisotopic (exact) mass is 377 g/mol. The molecule has 1 unspecified atom stereocenters. The Morgan fingerprint density at radius 2 is 1.86 bits per heavy atom. The van der Waals surface area contributed by atoms with Gasteiger partial charge in [0.1, 0.15) is 11.3 Å². The van der Waals surface area contributed by atoms with Gasteiger partial charge in [-0.05, 0) is 37.2 Å². The Morgan fingerprint density at radius 3 is 2.57 bits per heavy atom. The molecular weight excluding hydrogens is 350 g/mol. The summed E-state index contributed by atoms with van der Waals surface area (Å²) < 4.78 is 1.85.